The molecule has 1 N–H and O–H groups in total. The first-order valence-corrected chi connectivity index (χ1v) is 14.2. The molecule has 1 saturated heterocycles. The molecule has 4 rings (SSSR count). The van der Waals surface area contributed by atoms with Crippen molar-refractivity contribution in [3.05, 3.63) is 41.6 Å². The van der Waals surface area contributed by atoms with E-state index in [9.17, 15) is 16.8 Å². The first kappa shape index (κ1) is 24.5. The Morgan fingerprint density at radius 2 is 1.68 bits per heavy atom. The normalized spacial score (nSPS) is 16.7. The molecule has 0 amide bonds. The summed E-state index contributed by atoms with van der Waals surface area (Å²) >= 11 is 0. The van der Waals surface area contributed by atoms with Crippen LogP contribution in [0.2, 0.25) is 0 Å². The molecule has 13 heteroatoms. The molecule has 1 atom stereocenters. The number of benzene rings is 1. The van der Waals surface area contributed by atoms with Gasteiger partial charge in [-0.15, -0.1) is 0 Å². The Morgan fingerprint density at radius 1 is 1.00 bits per heavy atom. The second kappa shape index (κ2) is 9.21. The molecule has 184 valence electrons. The van der Waals surface area contributed by atoms with Crippen molar-refractivity contribution in [3.63, 3.8) is 0 Å². The number of anilines is 1. The summed E-state index contributed by atoms with van der Waals surface area (Å²) < 4.78 is 59.4. The highest BCUT2D eigenvalue weighted by atomic mass is 32.2. The van der Waals surface area contributed by atoms with Crippen molar-refractivity contribution in [2.75, 3.05) is 37.9 Å². The van der Waals surface area contributed by atoms with E-state index >= 15 is 0 Å². The zero-order valence-corrected chi connectivity index (χ0v) is 21.1. The molecule has 1 aliphatic rings. The highest BCUT2D eigenvalue weighted by Gasteiger charge is 2.30. The van der Waals surface area contributed by atoms with Crippen LogP contribution in [0.15, 0.2) is 40.5 Å². The summed E-state index contributed by atoms with van der Waals surface area (Å²) in [5.41, 5.74) is 1.69. The minimum atomic E-state index is -3.75. The Morgan fingerprint density at radius 3 is 2.32 bits per heavy atom. The second-order valence-electron chi connectivity index (χ2n) is 8.51. The highest BCUT2D eigenvalue weighted by molar-refractivity contribution is 7.90. The van der Waals surface area contributed by atoms with Crippen LogP contribution in [-0.4, -0.2) is 73.3 Å². The number of aromatic nitrogens is 4. The van der Waals surface area contributed by atoms with Gasteiger partial charge in [-0.25, -0.2) is 16.8 Å². The van der Waals surface area contributed by atoms with Crippen LogP contribution in [-0.2, 0) is 24.6 Å². The van der Waals surface area contributed by atoms with Gasteiger partial charge in [0.05, 0.1) is 30.3 Å². The minimum absolute atomic E-state index is 0.0597. The number of hydrogen-bond acceptors (Lipinski definition) is 9. The van der Waals surface area contributed by atoms with Crippen LogP contribution < -0.4 is 5.32 Å². The Hall–Kier alpha value is -2.61. The molecule has 34 heavy (non-hydrogen) atoms. The molecule has 0 bridgehead atoms. The van der Waals surface area contributed by atoms with Crippen LogP contribution >= 0.6 is 0 Å². The fraction of sp³-hybridized carbons (Fsp3) is 0.476. The van der Waals surface area contributed by atoms with Crippen LogP contribution in [0.3, 0.4) is 0 Å². The molecule has 11 nitrogen and oxygen atoms in total. The summed E-state index contributed by atoms with van der Waals surface area (Å²) in [6.45, 7) is 6.97. The lowest BCUT2D eigenvalue weighted by Gasteiger charge is -2.28. The molecular weight excluding hydrogens is 480 g/mol. The van der Waals surface area contributed by atoms with Gasteiger partial charge in [0.2, 0.25) is 25.8 Å². The largest absolute Gasteiger partial charge is 0.379 e. The zero-order chi connectivity index (χ0) is 24.7. The molecular formula is C21H28N6O5S2. The van der Waals surface area contributed by atoms with Gasteiger partial charge in [-0.05, 0) is 24.5 Å². The molecule has 3 heterocycles. The number of sulfone groups is 1. The van der Waals surface area contributed by atoms with Crippen molar-refractivity contribution in [1.82, 2.24) is 23.9 Å². The first-order chi connectivity index (χ1) is 16.0. The fourth-order valence-electron chi connectivity index (χ4n) is 3.81. The number of sulfonamides is 1. The van der Waals surface area contributed by atoms with Gasteiger partial charge in [0.15, 0.2) is 5.65 Å². The van der Waals surface area contributed by atoms with Gasteiger partial charge in [0, 0.05) is 24.9 Å². The van der Waals surface area contributed by atoms with Crippen molar-refractivity contribution in [3.8, 4) is 0 Å². The third-order valence-corrected chi connectivity index (χ3v) is 8.47. The van der Waals surface area contributed by atoms with Crippen molar-refractivity contribution < 1.29 is 21.6 Å². The number of ether oxygens (including phenoxy) is 1. The van der Waals surface area contributed by atoms with Gasteiger partial charge >= 0.3 is 0 Å². The molecule has 0 saturated carbocycles. The molecule has 3 aromatic rings. The minimum Gasteiger partial charge on any atom is -0.379 e. The molecule has 1 aromatic carbocycles. The molecule has 0 spiro atoms. The Balaban J connectivity index is 1.77. The SMILES string of the molecule is CC(C)c1cnn2c(NC(C)c3ccccc3S(=O)(=O)N3CCOCC3)nc(S(C)(=O)=O)nc12. The predicted octanol–water partition coefficient (Wildman–Crippen LogP) is 1.85. The Bertz CT molecular complexity index is 1410. The first-order valence-electron chi connectivity index (χ1n) is 10.9. The maximum Gasteiger partial charge on any atom is 0.252 e. The molecule has 1 aliphatic heterocycles. The van der Waals surface area contributed by atoms with Gasteiger partial charge < -0.3 is 10.1 Å². The van der Waals surface area contributed by atoms with Crippen LogP contribution in [0.1, 0.15) is 43.9 Å². The third kappa shape index (κ3) is 4.65. The average Bonchev–Trinajstić information content (AvgIpc) is 3.24. The van der Waals surface area contributed by atoms with Crippen LogP contribution in [0, 0.1) is 0 Å². The molecule has 1 unspecified atom stereocenters. The standard InChI is InChI=1S/C21H28N6O5S2/c1-14(2)17-13-22-27-19(17)24-21(33(4,28)29)25-20(27)23-15(3)16-7-5-6-8-18(16)34(30,31)26-9-11-32-12-10-26/h5-8,13-15H,9-12H2,1-4H3,(H,23,24,25). The number of morpholine rings is 1. The topological polar surface area (TPSA) is 136 Å². The van der Waals surface area contributed by atoms with Gasteiger partial charge in [-0.1, -0.05) is 32.0 Å². The molecule has 1 fully saturated rings. The number of hydrogen-bond donors (Lipinski definition) is 1. The van der Waals surface area contributed by atoms with Gasteiger partial charge in [0.1, 0.15) is 0 Å². The van der Waals surface area contributed by atoms with Crippen LogP contribution in [0.25, 0.3) is 5.65 Å². The quantitative estimate of drug-likeness (QED) is 0.507. The van der Waals surface area contributed by atoms with Crippen LogP contribution in [0.4, 0.5) is 5.95 Å². The van der Waals surface area contributed by atoms with Crippen molar-refractivity contribution in [2.45, 2.75) is 42.8 Å². The summed E-state index contributed by atoms with van der Waals surface area (Å²) in [6.07, 6.45) is 2.68. The van der Waals surface area contributed by atoms with Gasteiger partial charge in [0.25, 0.3) is 5.16 Å². The fourth-order valence-corrected chi connectivity index (χ4v) is 6.02. The number of nitrogens with zero attached hydrogens (tertiary/aromatic N) is 5. The summed E-state index contributed by atoms with van der Waals surface area (Å²) in [5, 5.41) is 7.18. The summed E-state index contributed by atoms with van der Waals surface area (Å²) in [5.74, 6) is 0.216. The van der Waals surface area contributed by atoms with Gasteiger partial charge in [-0.2, -0.15) is 23.9 Å². The van der Waals surface area contributed by atoms with E-state index in [0.717, 1.165) is 11.8 Å². The van der Waals surface area contributed by atoms with E-state index in [4.69, 9.17) is 4.74 Å². The summed E-state index contributed by atoms with van der Waals surface area (Å²) in [7, 11) is -7.45. The van der Waals surface area contributed by atoms with Crippen molar-refractivity contribution in [2.24, 2.45) is 0 Å². The lowest BCUT2D eigenvalue weighted by molar-refractivity contribution is 0.0730. The lowest BCUT2D eigenvalue weighted by Crippen LogP contribution is -2.41. The van der Waals surface area contributed by atoms with E-state index < -0.39 is 25.9 Å². The van der Waals surface area contributed by atoms with E-state index in [1.807, 2.05) is 13.8 Å². The van der Waals surface area contributed by atoms with Gasteiger partial charge in [-0.3, -0.25) is 0 Å². The van der Waals surface area contributed by atoms with E-state index in [2.05, 4.69) is 20.4 Å². The van der Waals surface area contributed by atoms with Crippen LogP contribution in [0.5, 0.6) is 0 Å². The highest BCUT2D eigenvalue weighted by Crippen LogP contribution is 2.29. The molecule has 2 aromatic heterocycles. The second-order valence-corrected chi connectivity index (χ2v) is 12.3. The van der Waals surface area contributed by atoms with Crippen molar-refractivity contribution in [1.29, 1.82) is 0 Å². The molecule has 0 aliphatic carbocycles. The maximum absolute atomic E-state index is 13.4. The van der Waals surface area contributed by atoms with E-state index in [1.165, 1.54) is 8.82 Å². The molecule has 0 radical (unpaired) electrons. The smallest absolute Gasteiger partial charge is 0.252 e. The number of nitrogens with one attached hydrogen (secondary N) is 1. The Labute approximate surface area is 199 Å². The van der Waals surface area contributed by atoms with E-state index in [0.29, 0.717) is 24.4 Å². The number of fused-ring (bicyclic) bond motifs is 1. The Kier molecular flexibility index (Phi) is 6.64. The van der Waals surface area contributed by atoms with E-state index in [1.54, 1.807) is 37.4 Å². The average molecular weight is 509 g/mol. The maximum atomic E-state index is 13.4. The lowest BCUT2D eigenvalue weighted by atomic mass is 10.1. The summed E-state index contributed by atoms with van der Waals surface area (Å²) in [6, 6.07) is 6.19. The third-order valence-electron chi connectivity index (χ3n) is 5.65. The number of rotatable bonds is 7. The zero-order valence-electron chi connectivity index (χ0n) is 19.5. The van der Waals surface area contributed by atoms with E-state index in [-0.39, 0.29) is 35.0 Å². The summed E-state index contributed by atoms with van der Waals surface area (Å²) in [4.78, 5) is 8.61. The monoisotopic (exact) mass is 508 g/mol. The van der Waals surface area contributed by atoms with Crippen molar-refractivity contribution >= 4 is 31.5 Å². The predicted molar refractivity (Wildman–Crippen MR) is 126 cm³/mol.